The number of rotatable bonds is 19. The Kier molecular flexibility index (Phi) is 14.8. The van der Waals surface area contributed by atoms with Crippen LogP contribution in [0.25, 0.3) is 10.2 Å². The number of fused-ring (bicyclic) bond motifs is 1. The number of methoxy groups -OCH3 is 1. The number of aliphatic hydroxyl groups excluding tert-OH is 1. The number of amides is 3. The van der Waals surface area contributed by atoms with Crippen molar-refractivity contribution >= 4 is 55.5 Å². The fourth-order valence-electron chi connectivity index (χ4n) is 4.56. The molecule has 2 heterocycles. The molecule has 0 unspecified atom stereocenters. The summed E-state index contributed by atoms with van der Waals surface area (Å²) in [7, 11) is -2.75. The monoisotopic (exact) mass is 806 g/mol. The Hall–Kier alpha value is -5.42. The number of esters is 1. The molecule has 20 nitrogen and oxygen atoms in total. The van der Waals surface area contributed by atoms with E-state index in [4.69, 9.17) is 28.8 Å². The van der Waals surface area contributed by atoms with Crippen LogP contribution in [0.5, 0.6) is 11.5 Å². The number of nitrogens with two attached hydrogens (primary N) is 1. The van der Waals surface area contributed by atoms with Crippen molar-refractivity contribution in [2.75, 3.05) is 33.5 Å². The Bertz CT molecular complexity index is 2070. The number of alkyl carbamates (subject to hydrolysis) is 1. The van der Waals surface area contributed by atoms with Gasteiger partial charge in [0.15, 0.2) is 6.04 Å². The van der Waals surface area contributed by atoms with E-state index < -0.39 is 58.2 Å². The second-order valence-corrected chi connectivity index (χ2v) is 15.4. The topological polar surface area (TPSA) is 275 Å². The number of ether oxygens (including phenoxy) is 5. The highest BCUT2D eigenvalue weighted by Gasteiger charge is 2.24. The summed E-state index contributed by atoms with van der Waals surface area (Å²) >= 11 is 0.916. The molecule has 2 atom stereocenters. The van der Waals surface area contributed by atoms with Crippen LogP contribution in [0.4, 0.5) is 4.79 Å². The number of sulfonamides is 1. The van der Waals surface area contributed by atoms with Crippen LogP contribution in [0.15, 0.2) is 53.0 Å². The molecule has 0 radical (unpaired) electrons. The molecule has 4 rings (SSSR count). The number of hydrogen-bond acceptors (Lipinski definition) is 16. The molecule has 4 aromatic rings. The van der Waals surface area contributed by atoms with E-state index in [9.17, 15) is 32.7 Å². The Morgan fingerprint density at radius 1 is 1.02 bits per heavy atom. The van der Waals surface area contributed by atoms with Crippen LogP contribution in [0, 0.1) is 0 Å². The minimum atomic E-state index is -3.93. The normalized spacial score (nSPS) is 12.7. The molecule has 55 heavy (non-hydrogen) atoms. The average molecular weight is 807 g/mol. The van der Waals surface area contributed by atoms with Gasteiger partial charge < -0.3 is 44.7 Å². The van der Waals surface area contributed by atoms with Gasteiger partial charge in [0.25, 0.3) is 10.0 Å². The molecule has 0 aliphatic heterocycles. The summed E-state index contributed by atoms with van der Waals surface area (Å²) in [5.41, 5.74) is 0.775. The first kappa shape index (κ1) is 42.3. The highest BCUT2D eigenvalue weighted by atomic mass is 32.2. The highest BCUT2D eigenvalue weighted by molar-refractivity contribution is 7.91. The van der Waals surface area contributed by atoms with Crippen molar-refractivity contribution in [1.82, 2.24) is 35.9 Å². The van der Waals surface area contributed by atoms with Crippen molar-refractivity contribution in [2.24, 2.45) is 5.14 Å². The molecule has 0 spiro atoms. The lowest BCUT2D eigenvalue weighted by Crippen LogP contribution is -2.50. The van der Waals surface area contributed by atoms with E-state index in [0.29, 0.717) is 33.0 Å². The summed E-state index contributed by atoms with van der Waals surface area (Å²) in [5, 5.41) is 30.0. The fraction of sp³-hybridized carbons (Fsp3) is 0.424. The molecule has 0 saturated heterocycles. The maximum Gasteiger partial charge on any atom is 0.408 e. The quantitative estimate of drug-likeness (QED) is 0.0633. The smallest absolute Gasteiger partial charge is 0.408 e. The second-order valence-electron chi connectivity index (χ2n) is 12.7. The molecule has 0 saturated carbocycles. The molecule has 0 aliphatic rings. The van der Waals surface area contributed by atoms with Crippen LogP contribution in [-0.4, -0.2) is 109 Å². The number of aromatic nitrogens is 4. The van der Waals surface area contributed by atoms with Crippen molar-refractivity contribution in [1.29, 1.82) is 0 Å². The lowest BCUT2D eigenvalue weighted by Gasteiger charge is -2.22. The number of aliphatic hydroxyl groups is 1. The summed E-state index contributed by atoms with van der Waals surface area (Å²) in [4.78, 5) is 53.5. The van der Waals surface area contributed by atoms with Gasteiger partial charge in [0.05, 0.1) is 49.9 Å². The Labute approximate surface area is 319 Å². The first-order valence-corrected chi connectivity index (χ1v) is 18.9. The summed E-state index contributed by atoms with van der Waals surface area (Å²) in [6, 6.07) is 9.39. The van der Waals surface area contributed by atoms with E-state index in [2.05, 4.69) is 31.2 Å². The van der Waals surface area contributed by atoms with E-state index in [1.54, 1.807) is 63.2 Å². The molecule has 0 aliphatic carbocycles. The molecule has 2 aromatic heterocycles. The standard InChI is InChI=1S/C33H42N8O12S2/c1-33(2,3)53-31(46)37-25(16-42)29(44)35-10-11-51-22-7-5-6-20(12-22)17-50-19-26(30(45)49-4)36-28(43)15-41-14-21(39-40-41)18-52-23-8-9-24-27(13-23)54-32(38-24)55(34,47)48/h5-9,12-14,25-26,42H,10-11,15-19H2,1-4H3,(H,35,44)(H,36,43)(H,37,46)(H2,34,47,48)/t25-,26-/m0/s1. The van der Waals surface area contributed by atoms with E-state index in [-0.39, 0.29) is 43.9 Å². The lowest BCUT2D eigenvalue weighted by atomic mass is 10.2. The van der Waals surface area contributed by atoms with Crippen molar-refractivity contribution in [3.05, 3.63) is 59.9 Å². The number of hydrogen-bond donors (Lipinski definition) is 5. The van der Waals surface area contributed by atoms with Gasteiger partial charge in [-0.2, -0.15) is 0 Å². The zero-order chi connectivity index (χ0) is 40.2. The Morgan fingerprint density at radius 3 is 2.49 bits per heavy atom. The molecule has 298 valence electrons. The number of carbonyl (C=O) groups is 4. The molecule has 3 amide bonds. The second kappa shape index (κ2) is 19.3. The third-order valence-corrected chi connectivity index (χ3v) is 9.33. The van der Waals surface area contributed by atoms with Crippen molar-refractivity contribution in [3.63, 3.8) is 0 Å². The number of nitrogens with one attached hydrogen (secondary N) is 3. The van der Waals surface area contributed by atoms with Crippen molar-refractivity contribution < 1.29 is 56.4 Å². The maximum absolute atomic E-state index is 12.8. The number of primary sulfonamides is 1. The fourth-order valence-corrected chi connectivity index (χ4v) is 6.25. The minimum Gasteiger partial charge on any atom is -0.492 e. The molecular formula is C33H42N8O12S2. The molecule has 6 N–H and O–H groups in total. The molecule has 0 bridgehead atoms. The third-order valence-electron chi connectivity index (χ3n) is 6.99. The van der Waals surface area contributed by atoms with Crippen LogP contribution >= 0.6 is 11.3 Å². The molecular weight excluding hydrogens is 765 g/mol. The van der Waals surface area contributed by atoms with Crippen molar-refractivity contribution in [3.8, 4) is 11.5 Å². The van der Waals surface area contributed by atoms with Gasteiger partial charge in [-0.15, -0.1) is 16.4 Å². The third kappa shape index (κ3) is 13.7. The number of nitrogens with zero attached hydrogens (tertiary/aromatic N) is 4. The van der Waals surface area contributed by atoms with Crippen LogP contribution < -0.4 is 30.6 Å². The summed E-state index contributed by atoms with van der Waals surface area (Å²) in [6.45, 7) is 4.11. The van der Waals surface area contributed by atoms with Gasteiger partial charge in [-0.1, -0.05) is 17.3 Å². The van der Waals surface area contributed by atoms with E-state index >= 15 is 0 Å². The summed E-state index contributed by atoms with van der Waals surface area (Å²) < 4.78 is 51.9. The minimum absolute atomic E-state index is 0.00442. The van der Waals surface area contributed by atoms with Gasteiger partial charge in [-0.05, 0) is 56.7 Å². The highest BCUT2D eigenvalue weighted by Crippen LogP contribution is 2.28. The van der Waals surface area contributed by atoms with Gasteiger partial charge in [0, 0.05) is 0 Å². The van der Waals surface area contributed by atoms with Crippen LogP contribution in [0.2, 0.25) is 0 Å². The number of carbonyl (C=O) groups excluding carboxylic acids is 4. The predicted octanol–water partition coefficient (Wildman–Crippen LogP) is 0.369. The van der Waals surface area contributed by atoms with Gasteiger partial charge in [-0.25, -0.2) is 32.8 Å². The van der Waals surface area contributed by atoms with Crippen LogP contribution in [0.1, 0.15) is 32.0 Å². The zero-order valence-corrected chi connectivity index (χ0v) is 32.0. The van der Waals surface area contributed by atoms with E-state index in [0.717, 1.165) is 11.3 Å². The lowest BCUT2D eigenvalue weighted by molar-refractivity contribution is -0.147. The SMILES string of the molecule is COC(=O)[C@H](COCc1cccc(OCCNC(=O)[C@H](CO)NC(=O)OC(C)(C)C)c1)NC(=O)Cn1cc(COc2ccc3nc(S(N)(=O)=O)sc3c2)nn1. The van der Waals surface area contributed by atoms with Crippen LogP contribution in [0.3, 0.4) is 0 Å². The van der Waals surface area contributed by atoms with Crippen LogP contribution in [-0.2, 0) is 58.4 Å². The summed E-state index contributed by atoms with van der Waals surface area (Å²) in [5.74, 6) is -1.01. The Morgan fingerprint density at radius 2 is 1.78 bits per heavy atom. The van der Waals surface area contributed by atoms with Gasteiger partial charge in [-0.3, -0.25) is 9.59 Å². The molecule has 0 fully saturated rings. The first-order chi connectivity index (χ1) is 26.0. The van der Waals surface area contributed by atoms with Gasteiger partial charge >= 0.3 is 12.1 Å². The summed E-state index contributed by atoms with van der Waals surface area (Å²) in [6.07, 6.45) is 0.657. The van der Waals surface area contributed by atoms with Crippen molar-refractivity contribution in [2.45, 2.75) is 62.6 Å². The average Bonchev–Trinajstić information content (AvgIpc) is 3.77. The Balaban J connectivity index is 1.19. The largest absolute Gasteiger partial charge is 0.492 e. The predicted molar refractivity (Wildman–Crippen MR) is 194 cm³/mol. The first-order valence-electron chi connectivity index (χ1n) is 16.5. The number of thiazole rings is 1. The van der Waals surface area contributed by atoms with E-state index in [1.807, 2.05) is 0 Å². The molecule has 2 aromatic carbocycles. The van der Waals surface area contributed by atoms with Gasteiger partial charge in [0.2, 0.25) is 16.2 Å². The maximum atomic E-state index is 12.8. The van der Waals surface area contributed by atoms with Gasteiger partial charge in [0.1, 0.15) is 48.6 Å². The molecule has 22 heteroatoms. The number of benzene rings is 2. The zero-order valence-electron chi connectivity index (χ0n) is 30.3. The van der Waals surface area contributed by atoms with E-state index in [1.165, 1.54) is 18.0 Å².